The number of quaternary nitrogens is 1. The molecule has 3 nitrogen and oxygen atoms in total. The van der Waals surface area contributed by atoms with Crippen LogP contribution in [0.1, 0.15) is 5.56 Å². The van der Waals surface area contributed by atoms with E-state index >= 15 is 0 Å². The van der Waals surface area contributed by atoms with Crippen molar-refractivity contribution in [2.45, 2.75) is 6.54 Å². The Morgan fingerprint density at radius 3 is 2.87 bits per heavy atom. The smallest absolute Gasteiger partial charge is 0.119 e. The Morgan fingerprint density at radius 1 is 1.33 bits per heavy atom. The average Bonchev–Trinajstić information content (AvgIpc) is 2.31. The zero-order valence-corrected chi connectivity index (χ0v) is 9.16. The quantitative estimate of drug-likeness (QED) is 0.762. The van der Waals surface area contributed by atoms with Crippen molar-refractivity contribution < 1.29 is 14.4 Å². The lowest BCUT2D eigenvalue weighted by Gasteiger charge is -2.23. The zero-order chi connectivity index (χ0) is 10.5. The van der Waals surface area contributed by atoms with Crippen molar-refractivity contribution >= 4 is 0 Å². The maximum Gasteiger partial charge on any atom is 0.119 e. The molecule has 1 fully saturated rings. The van der Waals surface area contributed by atoms with Crippen LogP contribution in [-0.4, -0.2) is 33.4 Å². The second-order valence-corrected chi connectivity index (χ2v) is 3.89. The molecule has 82 valence electrons. The van der Waals surface area contributed by atoms with Crippen LogP contribution in [0.25, 0.3) is 0 Å². The predicted molar refractivity (Wildman–Crippen MR) is 58.2 cm³/mol. The number of hydrogen-bond donors (Lipinski definition) is 1. The van der Waals surface area contributed by atoms with Crippen molar-refractivity contribution in [3.63, 3.8) is 0 Å². The summed E-state index contributed by atoms with van der Waals surface area (Å²) in [4.78, 5) is 1.59. The van der Waals surface area contributed by atoms with Gasteiger partial charge < -0.3 is 14.4 Å². The second kappa shape index (κ2) is 5.14. The van der Waals surface area contributed by atoms with Gasteiger partial charge in [-0.05, 0) is 12.1 Å². The molecule has 0 atom stereocenters. The molecule has 0 unspecified atom stereocenters. The van der Waals surface area contributed by atoms with Gasteiger partial charge in [0.1, 0.15) is 25.4 Å². The Morgan fingerprint density at radius 2 is 2.13 bits per heavy atom. The molecule has 2 rings (SSSR count). The summed E-state index contributed by atoms with van der Waals surface area (Å²) in [6.07, 6.45) is 0. The molecule has 0 saturated carbocycles. The molecule has 0 bridgehead atoms. The zero-order valence-electron chi connectivity index (χ0n) is 9.16. The van der Waals surface area contributed by atoms with Gasteiger partial charge in [-0.1, -0.05) is 12.1 Å². The number of hydrogen-bond acceptors (Lipinski definition) is 2. The largest absolute Gasteiger partial charge is 0.497 e. The molecule has 1 heterocycles. The van der Waals surface area contributed by atoms with E-state index in [1.54, 1.807) is 12.0 Å². The molecular formula is C12H18NO2+. The first-order valence-electron chi connectivity index (χ1n) is 5.43. The molecular weight excluding hydrogens is 190 g/mol. The summed E-state index contributed by atoms with van der Waals surface area (Å²) in [7, 11) is 1.71. The minimum absolute atomic E-state index is 0.888. The minimum atomic E-state index is 0.888. The van der Waals surface area contributed by atoms with E-state index in [0.717, 1.165) is 38.6 Å². The highest BCUT2D eigenvalue weighted by Gasteiger charge is 2.14. The number of ether oxygens (including phenoxy) is 2. The standard InChI is InChI=1S/C12H17NO2/c1-14-12-4-2-3-11(9-12)10-13-5-7-15-8-6-13/h2-4,9H,5-8,10H2,1H3/p+1. The molecule has 0 amide bonds. The molecule has 1 aromatic carbocycles. The van der Waals surface area contributed by atoms with Gasteiger partial charge in [0, 0.05) is 5.56 Å². The number of rotatable bonds is 3. The topological polar surface area (TPSA) is 22.9 Å². The molecule has 1 aliphatic heterocycles. The van der Waals surface area contributed by atoms with Crippen LogP contribution in [0.15, 0.2) is 24.3 Å². The summed E-state index contributed by atoms with van der Waals surface area (Å²) in [5, 5.41) is 0. The van der Waals surface area contributed by atoms with E-state index < -0.39 is 0 Å². The molecule has 1 saturated heterocycles. The van der Waals surface area contributed by atoms with Gasteiger partial charge in [-0.25, -0.2) is 0 Å². The number of morpholine rings is 1. The monoisotopic (exact) mass is 208 g/mol. The third-order valence-electron chi connectivity index (χ3n) is 2.79. The fourth-order valence-corrected chi connectivity index (χ4v) is 1.91. The van der Waals surface area contributed by atoms with Crippen molar-refractivity contribution in [1.82, 2.24) is 0 Å². The first-order chi connectivity index (χ1) is 7.38. The molecule has 1 N–H and O–H groups in total. The van der Waals surface area contributed by atoms with Crippen LogP contribution in [0.4, 0.5) is 0 Å². The number of benzene rings is 1. The fourth-order valence-electron chi connectivity index (χ4n) is 1.91. The highest BCUT2D eigenvalue weighted by Crippen LogP contribution is 2.11. The second-order valence-electron chi connectivity index (χ2n) is 3.89. The molecule has 1 aromatic rings. The molecule has 0 spiro atoms. The summed E-state index contributed by atoms with van der Waals surface area (Å²) >= 11 is 0. The van der Waals surface area contributed by atoms with Crippen molar-refractivity contribution in [2.75, 3.05) is 33.4 Å². The van der Waals surface area contributed by atoms with Gasteiger partial charge in [0.05, 0.1) is 20.3 Å². The Hall–Kier alpha value is -1.06. The normalized spacial score (nSPS) is 17.7. The lowest BCUT2D eigenvalue weighted by Crippen LogP contribution is -3.12. The number of nitrogens with one attached hydrogen (secondary N) is 1. The van der Waals surface area contributed by atoms with E-state index in [1.165, 1.54) is 5.56 Å². The molecule has 0 aliphatic carbocycles. The van der Waals surface area contributed by atoms with Crippen LogP contribution < -0.4 is 9.64 Å². The molecule has 15 heavy (non-hydrogen) atoms. The van der Waals surface area contributed by atoms with Crippen LogP contribution in [0.3, 0.4) is 0 Å². The van der Waals surface area contributed by atoms with E-state index in [1.807, 2.05) is 12.1 Å². The van der Waals surface area contributed by atoms with Crippen molar-refractivity contribution in [3.05, 3.63) is 29.8 Å². The van der Waals surface area contributed by atoms with Gasteiger partial charge in [-0.15, -0.1) is 0 Å². The highest BCUT2D eigenvalue weighted by atomic mass is 16.5. The van der Waals surface area contributed by atoms with Crippen molar-refractivity contribution in [1.29, 1.82) is 0 Å². The van der Waals surface area contributed by atoms with Crippen LogP contribution in [0.2, 0.25) is 0 Å². The molecule has 1 aliphatic rings. The first-order valence-corrected chi connectivity index (χ1v) is 5.43. The van der Waals surface area contributed by atoms with E-state index in [2.05, 4.69) is 12.1 Å². The maximum atomic E-state index is 5.34. The lowest BCUT2D eigenvalue weighted by molar-refractivity contribution is -0.921. The summed E-state index contributed by atoms with van der Waals surface area (Å²) in [6.45, 7) is 5.06. The SMILES string of the molecule is COc1cccc(C[NH+]2CCOCC2)c1. The van der Waals surface area contributed by atoms with Gasteiger partial charge in [-0.3, -0.25) is 0 Å². The third kappa shape index (κ3) is 2.94. The van der Waals surface area contributed by atoms with E-state index in [-0.39, 0.29) is 0 Å². The summed E-state index contributed by atoms with van der Waals surface area (Å²) in [5.41, 5.74) is 1.34. The third-order valence-corrected chi connectivity index (χ3v) is 2.79. The summed E-state index contributed by atoms with van der Waals surface area (Å²) in [5.74, 6) is 0.945. The predicted octanol–water partition coefficient (Wildman–Crippen LogP) is 0.110. The Balaban J connectivity index is 1.96. The molecule has 0 radical (unpaired) electrons. The summed E-state index contributed by atoms with van der Waals surface area (Å²) in [6, 6.07) is 8.31. The molecule has 3 heteroatoms. The average molecular weight is 208 g/mol. The van der Waals surface area contributed by atoms with E-state index in [9.17, 15) is 0 Å². The summed E-state index contributed by atoms with van der Waals surface area (Å²) < 4.78 is 10.5. The van der Waals surface area contributed by atoms with Crippen molar-refractivity contribution in [3.8, 4) is 5.75 Å². The minimum Gasteiger partial charge on any atom is -0.497 e. The molecule has 0 aromatic heterocycles. The fraction of sp³-hybridized carbons (Fsp3) is 0.500. The van der Waals surface area contributed by atoms with Crippen LogP contribution >= 0.6 is 0 Å². The van der Waals surface area contributed by atoms with Gasteiger partial charge in [0.2, 0.25) is 0 Å². The Kier molecular flexibility index (Phi) is 3.59. The Bertz CT molecular complexity index is 308. The maximum absolute atomic E-state index is 5.34. The highest BCUT2D eigenvalue weighted by molar-refractivity contribution is 5.27. The van der Waals surface area contributed by atoms with Crippen LogP contribution in [0, 0.1) is 0 Å². The lowest BCUT2D eigenvalue weighted by atomic mass is 10.2. The van der Waals surface area contributed by atoms with Crippen LogP contribution in [0.5, 0.6) is 5.75 Å². The van der Waals surface area contributed by atoms with E-state index in [4.69, 9.17) is 9.47 Å². The Labute approximate surface area is 90.6 Å². The van der Waals surface area contributed by atoms with E-state index in [0.29, 0.717) is 0 Å². The van der Waals surface area contributed by atoms with Crippen molar-refractivity contribution in [2.24, 2.45) is 0 Å². The van der Waals surface area contributed by atoms with Gasteiger partial charge in [0.25, 0.3) is 0 Å². The van der Waals surface area contributed by atoms with Crippen LogP contribution in [-0.2, 0) is 11.3 Å². The first kappa shape index (κ1) is 10.5. The van der Waals surface area contributed by atoms with Gasteiger partial charge in [-0.2, -0.15) is 0 Å². The van der Waals surface area contributed by atoms with Gasteiger partial charge in [0.15, 0.2) is 0 Å². The number of methoxy groups -OCH3 is 1. The van der Waals surface area contributed by atoms with Gasteiger partial charge >= 0.3 is 0 Å².